The molecule has 20 heavy (non-hydrogen) atoms. The van der Waals surface area contributed by atoms with E-state index in [1.807, 2.05) is 0 Å². The molecule has 0 aliphatic carbocycles. The molecule has 1 aliphatic rings. The van der Waals surface area contributed by atoms with Gasteiger partial charge in [-0.2, -0.15) is 0 Å². The highest BCUT2D eigenvalue weighted by Gasteiger charge is 2.34. The summed E-state index contributed by atoms with van der Waals surface area (Å²) in [5.41, 5.74) is 7.74. The average molecular weight is 360 g/mol. The van der Waals surface area contributed by atoms with Gasteiger partial charge >= 0.3 is 0 Å². The third-order valence-corrected chi connectivity index (χ3v) is 6.24. The van der Waals surface area contributed by atoms with Crippen LogP contribution in [0.4, 0.5) is 0 Å². The molecule has 1 atom stereocenters. The third-order valence-electron chi connectivity index (χ3n) is 4.69. The number of thiophene rings is 1. The number of halogens is 1. The second kappa shape index (κ2) is 7.36. The van der Waals surface area contributed by atoms with Gasteiger partial charge in [-0.3, -0.25) is 4.90 Å². The van der Waals surface area contributed by atoms with E-state index in [0.717, 1.165) is 19.6 Å². The Bertz CT molecular complexity index is 423. The lowest BCUT2D eigenvalue weighted by molar-refractivity contribution is 0.0996. The highest BCUT2D eigenvalue weighted by Crippen LogP contribution is 2.30. The standard InChI is InChI=1S/C15H26BrN3S/c1-3-19-7-4-5-15(12-17,6-8-19)18(2)10-13-9-14(16)20-11-13/h9,11H,3-8,10,12,17H2,1-2H3. The smallest absolute Gasteiger partial charge is 0.0701 e. The predicted molar refractivity (Wildman–Crippen MR) is 91.2 cm³/mol. The van der Waals surface area contributed by atoms with Gasteiger partial charge in [0, 0.05) is 18.6 Å². The Labute approximate surface area is 135 Å². The fourth-order valence-corrected chi connectivity index (χ4v) is 4.36. The summed E-state index contributed by atoms with van der Waals surface area (Å²) in [5.74, 6) is 0. The first-order valence-corrected chi connectivity index (χ1v) is 9.13. The molecule has 1 aromatic heterocycles. The van der Waals surface area contributed by atoms with E-state index in [0.29, 0.717) is 0 Å². The van der Waals surface area contributed by atoms with Gasteiger partial charge < -0.3 is 10.6 Å². The molecular weight excluding hydrogens is 334 g/mol. The Kier molecular flexibility index (Phi) is 6.05. The second-order valence-electron chi connectivity index (χ2n) is 5.83. The maximum atomic E-state index is 6.19. The summed E-state index contributed by atoms with van der Waals surface area (Å²) in [6.45, 7) is 7.54. The molecule has 0 aromatic carbocycles. The first-order valence-electron chi connectivity index (χ1n) is 7.46. The molecule has 0 saturated carbocycles. The summed E-state index contributed by atoms with van der Waals surface area (Å²) in [4.78, 5) is 5.03. The van der Waals surface area contributed by atoms with Crippen molar-refractivity contribution in [3.05, 3.63) is 20.8 Å². The van der Waals surface area contributed by atoms with Gasteiger partial charge in [0.05, 0.1) is 3.79 Å². The molecule has 1 aliphatic heterocycles. The number of likely N-dealkylation sites (N-methyl/N-ethyl adjacent to an activating group) is 1. The van der Waals surface area contributed by atoms with Crippen LogP contribution in [-0.4, -0.2) is 48.6 Å². The molecule has 0 bridgehead atoms. The Morgan fingerprint density at radius 2 is 2.25 bits per heavy atom. The summed E-state index contributed by atoms with van der Waals surface area (Å²) in [6.07, 6.45) is 3.64. The van der Waals surface area contributed by atoms with Crippen LogP contribution in [0.5, 0.6) is 0 Å². The van der Waals surface area contributed by atoms with Gasteiger partial charge in [-0.05, 0) is 78.9 Å². The van der Waals surface area contributed by atoms with Crippen LogP contribution in [0.1, 0.15) is 31.7 Å². The van der Waals surface area contributed by atoms with Crippen molar-refractivity contribution in [2.75, 3.05) is 33.2 Å². The molecular formula is C15H26BrN3S. The Hall–Kier alpha value is 0.0600. The molecule has 2 N–H and O–H groups in total. The van der Waals surface area contributed by atoms with E-state index in [4.69, 9.17) is 5.73 Å². The average Bonchev–Trinajstić information content (AvgIpc) is 2.74. The van der Waals surface area contributed by atoms with E-state index in [-0.39, 0.29) is 5.54 Å². The van der Waals surface area contributed by atoms with Crippen LogP contribution >= 0.6 is 27.3 Å². The monoisotopic (exact) mass is 359 g/mol. The summed E-state index contributed by atoms with van der Waals surface area (Å²) < 4.78 is 1.21. The van der Waals surface area contributed by atoms with Gasteiger partial charge in [-0.15, -0.1) is 11.3 Å². The van der Waals surface area contributed by atoms with Crippen molar-refractivity contribution in [1.29, 1.82) is 0 Å². The van der Waals surface area contributed by atoms with Gasteiger partial charge in [0.15, 0.2) is 0 Å². The van der Waals surface area contributed by atoms with Crippen molar-refractivity contribution in [3.8, 4) is 0 Å². The molecule has 0 radical (unpaired) electrons. The number of rotatable bonds is 5. The molecule has 0 amide bonds. The molecule has 5 heteroatoms. The zero-order valence-electron chi connectivity index (χ0n) is 12.6. The van der Waals surface area contributed by atoms with Crippen LogP contribution in [0, 0.1) is 0 Å². The molecule has 1 unspecified atom stereocenters. The molecule has 114 valence electrons. The summed E-state index contributed by atoms with van der Waals surface area (Å²) >= 11 is 5.31. The van der Waals surface area contributed by atoms with Crippen LogP contribution in [-0.2, 0) is 6.54 Å². The first kappa shape index (κ1) is 16.4. The van der Waals surface area contributed by atoms with Crippen LogP contribution in [0.3, 0.4) is 0 Å². The Morgan fingerprint density at radius 3 is 2.85 bits per heavy atom. The van der Waals surface area contributed by atoms with E-state index in [9.17, 15) is 0 Å². The van der Waals surface area contributed by atoms with Gasteiger partial charge in [0.1, 0.15) is 0 Å². The number of hydrogen-bond acceptors (Lipinski definition) is 4. The van der Waals surface area contributed by atoms with Gasteiger partial charge in [0.2, 0.25) is 0 Å². The fourth-order valence-electron chi connectivity index (χ4n) is 3.16. The minimum absolute atomic E-state index is 0.165. The summed E-state index contributed by atoms with van der Waals surface area (Å²) in [6, 6.07) is 2.22. The Balaban J connectivity index is 2.05. The molecule has 3 nitrogen and oxygen atoms in total. The fraction of sp³-hybridized carbons (Fsp3) is 0.733. The highest BCUT2D eigenvalue weighted by molar-refractivity contribution is 9.11. The largest absolute Gasteiger partial charge is 0.329 e. The normalized spacial score (nSPS) is 25.1. The van der Waals surface area contributed by atoms with Crippen molar-refractivity contribution in [3.63, 3.8) is 0 Å². The lowest BCUT2D eigenvalue weighted by Crippen LogP contribution is -2.52. The number of nitrogens with two attached hydrogens (primary N) is 1. The van der Waals surface area contributed by atoms with Crippen molar-refractivity contribution in [2.45, 2.75) is 38.3 Å². The van der Waals surface area contributed by atoms with E-state index < -0.39 is 0 Å². The van der Waals surface area contributed by atoms with E-state index >= 15 is 0 Å². The van der Waals surface area contributed by atoms with Crippen molar-refractivity contribution in [1.82, 2.24) is 9.80 Å². The van der Waals surface area contributed by atoms with Crippen molar-refractivity contribution >= 4 is 27.3 Å². The lowest BCUT2D eigenvalue weighted by atomic mass is 9.88. The van der Waals surface area contributed by atoms with Gasteiger partial charge in [0.25, 0.3) is 0 Å². The molecule has 0 spiro atoms. The molecule has 1 saturated heterocycles. The zero-order chi connectivity index (χ0) is 14.6. The van der Waals surface area contributed by atoms with E-state index in [1.54, 1.807) is 11.3 Å². The maximum absolute atomic E-state index is 6.19. The topological polar surface area (TPSA) is 32.5 Å². The zero-order valence-corrected chi connectivity index (χ0v) is 15.0. The number of nitrogens with zero attached hydrogens (tertiary/aromatic N) is 2. The quantitative estimate of drug-likeness (QED) is 0.876. The van der Waals surface area contributed by atoms with Crippen LogP contribution in [0.25, 0.3) is 0 Å². The van der Waals surface area contributed by atoms with E-state index in [2.05, 4.69) is 51.1 Å². The maximum Gasteiger partial charge on any atom is 0.0701 e. The second-order valence-corrected chi connectivity index (χ2v) is 8.12. The lowest BCUT2D eigenvalue weighted by Gasteiger charge is -2.41. The van der Waals surface area contributed by atoms with Crippen molar-refractivity contribution < 1.29 is 0 Å². The minimum Gasteiger partial charge on any atom is -0.329 e. The molecule has 2 rings (SSSR count). The van der Waals surface area contributed by atoms with Crippen LogP contribution in [0.2, 0.25) is 0 Å². The van der Waals surface area contributed by atoms with Gasteiger partial charge in [-0.1, -0.05) is 6.92 Å². The third kappa shape index (κ3) is 3.83. The minimum atomic E-state index is 0.165. The molecule has 1 aromatic rings. The Morgan fingerprint density at radius 1 is 1.45 bits per heavy atom. The SMILES string of the molecule is CCN1CCCC(CN)(N(C)Cc2csc(Br)c2)CC1. The molecule has 1 fully saturated rings. The number of hydrogen-bond donors (Lipinski definition) is 1. The highest BCUT2D eigenvalue weighted by atomic mass is 79.9. The van der Waals surface area contributed by atoms with E-state index in [1.165, 1.54) is 41.7 Å². The molecule has 2 heterocycles. The van der Waals surface area contributed by atoms with Crippen LogP contribution < -0.4 is 5.73 Å². The van der Waals surface area contributed by atoms with Crippen molar-refractivity contribution in [2.24, 2.45) is 5.73 Å². The first-order chi connectivity index (χ1) is 9.59. The number of likely N-dealkylation sites (tertiary alicyclic amines) is 1. The predicted octanol–water partition coefficient (Wildman–Crippen LogP) is 3.15. The van der Waals surface area contributed by atoms with Gasteiger partial charge in [-0.25, -0.2) is 0 Å². The summed E-state index contributed by atoms with van der Waals surface area (Å²) in [5, 5.41) is 2.24. The van der Waals surface area contributed by atoms with Crippen LogP contribution in [0.15, 0.2) is 15.2 Å². The summed E-state index contributed by atoms with van der Waals surface area (Å²) in [7, 11) is 2.24.